The molecule has 4 nitrogen and oxygen atoms in total. The van der Waals surface area contributed by atoms with Crippen LogP contribution in [0.2, 0.25) is 0 Å². The molecule has 4 heteroatoms. The number of nitrogens with zero attached hydrogens (tertiary/aromatic N) is 3. The summed E-state index contributed by atoms with van der Waals surface area (Å²) in [6.07, 6.45) is 5.95. The van der Waals surface area contributed by atoms with Crippen LogP contribution in [0.3, 0.4) is 0 Å². The number of nitrogens with one attached hydrogen (secondary N) is 1. The van der Waals surface area contributed by atoms with Crippen LogP contribution in [0, 0.1) is 18.3 Å². The van der Waals surface area contributed by atoms with Gasteiger partial charge < -0.3 is 9.88 Å². The number of pyridine rings is 1. The first-order valence-electron chi connectivity index (χ1n) is 6.59. The van der Waals surface area contributed by atoms with Gasteiger partial charge in [-0.3, -0.25) is 4.98 Å². The largest absolute Gasteiger partial charge is 0.357 e. The summed E-state index contributed by atoms with van der Waals surface area (Å²) in [5.74, 6) is 0.976. The molecule has 0 unspecified atom stereocenters. The molecule has 0 amide bonds. The second-order valence-electron chi connectivity index (χ2n) is 4.89. The number of rotatable bonds is 2. The standard InChI is InChI=1S/C15H16N4/c1-11-13(10-16)15(19-8-2-3-9-19)18-14(11)12-4-6-17-7-5-12/h4-7,18H,2-3,8-9H2,1H3. The smallest absolute Gasteiger partial charge is 0.124 e. The highest BCUT2D eigenvalue weighted by molar-refractivity contribution is 5.74. The Bertz CT molecular complexity index is 616. The van der Waals surface area contributed by atoms with E-state index in [1.807, 2.05) is 19.1 Å². The van der Waals surface area contributed by atoms with Crippen molar-refractivity contribution in [2.45, 2.75) is 19.8 Å². The number of hydrogen-bond donors (Lipinski definition) is 1. The quantitative estimate of drug-likeness (QED) is 0.894. The van der Waals surface area contributed by atoms with Crippen molar-refractivity contribution in [3.63, 3.8) is 0 Å². The fraction of sp³-hybridized carbons (Fsp3) is 0.333. The Morgan fingerprint density at radius 2 is 1.95 bits per heavy atom. The topological polar surface area (TPSA) is 55.7 Å². The van der Waals surface area contributed by atoms with Crippen molar-refractivity contribution in [3.05, 3.63) is 35.7 Å². The Morgan fingerprint density at radius 1 is 1.26 bits per heavy atom. The highest BCUT2D eigenvalue weighted by Gasteiger charge is 2.22. The summed E-state index contributed by atoms with van der Waals surface area (Å²) in [7, 11) is 0. The lowest BCUT2D eigenvalue weighted by atomic mass is 10.1. The number of aromatic amines is 1. The molecule has 2 aromatic rings. The van der Waals surface area contributed by atoms with Gasteiger partial charge in [0, 0.05) is 31.0 Å². The predicted octanol–water partition coefficient (Wildman–Crippen LogP) is 2.86. The molecule has 0 radical (unpaired) electrons. The molecule has 1 aliphatic heterocycles. The van der Waals surface area contributed by atoms with Crippen LogP contribution in [-0.2, 0) is 0 Å². The maximum atomic E-state index is 9.41. The van der Waals surface area contributed by atoms with Crippen LogP contribution in [0.4, 0.5) is 5.82 Å². The third-order valence-corrected chi connectivity index (χ3v) is 3.73. The lowest BCUT2D eigenvalue weighted by Gasteiger charge is -2.15. The molecule has 1 N–H and O–H groups in total. The summed E-state index contributed by atoms with van der Waals surface area (Å²) in [4.78, 5) is 9.75. The van der Waals surface area contributed by atoms with E-state index < -0.39 is 0 Å². The minimum atomic E-state index is 0.772. The molecule has 1 fully saturated rings. The predicted molar refractivity (Wildman–Crippen MR) is 74.9 cm³/mol. The van der Waals surface area contributed by atoms with E-state index in [-0.39, 0.29) is 0 Å². The van der Waals surface area contributed by atoms with Crippen molar-refractivity contribution in [1.29, 1.82) is 5.26 Å². The van der Waals surface area contributed by atoms with E-state index in [9.17, 15) is 5.26 Å². The van der Waals surface area contributed by atoms with Crippen molar-refractivity contribution in [2.24, 2.45) is 0 Å². The maximum Gasteiger partial charge on any atom is 0.124 e. The van der Waals surface area contributed by atoms with Crippen LogP contribution in [0.15, 0.2) is 24.5 Å². The van der Waals surface area contributed by atoms with E-state index in [4.69, 9.17) is 0 Å². The van der Waals surface area contributed by atoms with Crippen LogP contribution in [-0.4, -0.2) is 23.1 Å². The molecule has 0 aromatic carbocycles. The number of nitriles is 1. The second kappa shape index (κ2) is 4.77. The molecule has 0 spiro atoms. The number of hydrogen-bond acceptors (Lipinski definition) is 3. The zero-order chi connectivity index (χ0) is 13.2. The van der Waals surface area contributed by atoms with Gasteiger partial charge in [0.2, 0.25) is 0 Å². The van der Waals surface area contributed by atoms with Gasteiger partial charge >= 0.3 is 0 Å². The Hall–Kier alpha value is -2.28. The number of H-pyrrole nitrogens is 1. The Kier molecular flexibility index (Phi) is 2.96. The summed E-state index contributed by atoms with van der Waals surface area (Å²) in [5.41, 5.74) is 3.90. The maximum absolute atomic E-state index is 9.41. The molecule has 0 bridgehead atoms. The third kappa shape index (κ3) is 1.97. The monoisotopic (exact) mass is 252 g/mol. The van der Waals surface area contributed by atoms with E-state index in [1.54, 1.807) is 12.4 Å². The molecule has 3 heterocycles. The molecule has 0 saturated carbocycles. The summed E-state index contributed by atoms with van der Waals surface area (Å²) in [6, 6.07) is 6.27. The molecular weight excluding hydrogens is 236 g/mol. The average molecular weight is 252 g/mol. The number of anilines is 1. The van der Waals surface area contributed by atoms with Gasteiger partial charge in [0.1, 0.15) is 11.9 Å². The van der Waals surface area contributed by atoms with Crippen molar-refractivity contribution in [3.8, 4) is 17.3 Å². The lowest BCUT2D eigenvalue weighted by Crippen LogP contribution is -2.18. The van der Waals surface area contributed by atoms with E-state index in [2.05, 4.69) is 20.9 Å². The second-order valence-corrected chi connectivity index (χ2v) is 4.89. The molecule has 0 aliphatic carbocycles. The van der Waals surface area contributed by atoms with Gasteiger partial charge in [-0.1, -0.05) is 0 Å². The Labute approximate surface area is 112 Å². The summed E-state index contributed by atoms with van der Waals surface area (Å²) in [6.45, 7) is 4.07. The summed E-state index contributed by atoms with van der Waals surface area (Å²) in [5, 5.41) is 9.41. The first-order chi connectivity index (χ1) is 9.31. The van der Waals surface area contributed by atoms with Crippen LogP contribution < -0.4 is 4.90 Å². The minimum Gasteiger partial charge on any atom is -0.357 e. The van der Waals surface area contributed by atoms with Crippen molar-refractivity contribution >= 4 is 5.82 Å². The first kappa shape index (κ1) is 11.8. The Balaban J connectivity index is 2.10. The molecule has 2 aromatic heterocycles. The molecule has 19 heavy (non-hydrogen) atoms. The van der Waals surface area contributed by atoms with Crippen molar-refractivity contribution < 1.29 is 0 Å². The normalized spacial score (nSPS) is 14.6. The van der Waals surface area contributed by atoms with E-state index >= 15 is 0 Å². The van der Waals surface area contributed by atoms with Crippen LogP contribution >= 0.6 is 0 Å². The van der Waals surface area contributed by atoms with Gasteiger partial charge in [-0.05, 0) is 37.5 Å². The molecule has 1 aliphatic rings. The molecule has 96 valence electrons. The zero-order valence-corrected chi connectivity index (χ0v) is 11.0. The van der Waals surface area contributed by atoms with Crippen molar-refractivity contribution in [1.82, 2.24) is 9.97 Å². The van der Waals surface area contributed by atoms with E-state index in [1.165, 1.54) is 12.8 Å². The van der Waals surface area contributed by atoms with Gasteiger partial charge in [0.25, 0.3) is 0 Å². The van der Waals surface area contributed by atoms with Crippen molar-refractivity contribution in [2.75, 3.05) is 18.0 Å². The lowest BCUT2D eigenvalue weighted by molar-refractivity contribution is 0.944. The molecule has 3 rings (SSSR count). The van der Waals surface area contributed by atoms with E-state index in [0.29, 0.717) is 0 Å². The molecule has 1 saturated heterocycles. The number of aromatic nitrogens is 2. The zero-order valence-electron chi connectivity index (χ0n) is 11.0. The molecule has 0 atom stereocenters. The van der Waals surface area contributed by atoms with Gasteiger partial charge in [-0.2, -0.15) is 5.26 Å². The first-order valence-corrected chi connectivity index (χ1v) is 6.59. The van der Waals surface area contributed by atoms with Crippen LogP contribution in [0.1, 0.15) is 24.0 Å². The fourth-order valence-corrected chi connectivity index (χ4v) is 2.70. The minimum absolute atomic E-state index is 0.772. The summed E-state index contributed by atoms with van der Waals surface area (Å²) >= 11 is 0. The van der Waals surface area contributed by atoms with Crippen LogP contribution in [0.5, 0.6) is 0 Å². The van der Waals surface area contributed by atoms with Gasteiger partial charge in [-0.15, -0.1) is 0 Å². The SMILES string of the molecule is Cc1c(-c2ccncc2)[nH]c(N2CCCC2)c1C#N. The third-order valence-electron chi connectivity index (χ3n) is 3.73. The van der Waals surface area contributed by atoms with Gasteiger partial charge in [0.05, 0.1) is 11.3 Å². The Morgan fingerprint density at radius 3 is 2.58 bits per heavy atom. The highest BCUT2D eigenvalue weighted by atomic mass is 15.2. The summed E-state index contributed by atoms with van der Waals surface area (Å²) < 4.78 is 0. The van der Waals surface area contributed by atoms with E-state index in [0.717, 1.165) is 41.3 Å². The van der Waals surface area contributed by atoms with Gasteiger partial charge in [0.15, 0.2) is 0 Å². The average Bonchev–Trinajstić information content (AvgIpc) is 3.07. The highest BCUT2D eigenvalue weighted by Crippen LogP contribution is 2.33. The van der Waals surface area contributed by atoms with Crippen LogP contribution in [0.25, 0.3) is 11.3 Å². The molecular formula is C15H16N4. The fourth-order valence-electron chi connectivity index (χ4n) is 2.70. The van der Waals surface area contributed by atoms with Gasteiger partial charge in [-0.25, -0.2) is 0 Å².